The molecule has 0 aliphatic heterocycles. The van der Waals surface area contributed by atoms with Gasteiger partial charge in [0, 0.05) is 9.75 Å². The lowest BCUT2D eigenvalue weighted by molar-refractivity contribution is 0.411. The van der Waals surface area contributed by atoms with Crippen molar-refractivity contribution < 1.29 is 4.74 Å². The molecule has 1 rings (SSSR count). The normalized spacial score (nSPS) is 10.9. The Morgan fingerprint density at radius 1 is 1.50 bits per heavy atom. The molecule has 0 aliphatic rings. The van der Waals surface area contributed by atoms with Gasteiger partial charge in [-0.15, -0.1) is 11.3 Å². The van der Waals surface area contributed by atoms with Gasteiger partial charge in [-0.05, 0) is 32.0 Å². The van der Waals surface area contributed by atoms with Gasteiger partial charge in [0.25, 0.3) is 0 Å². The standard InChI is InChI=1S/C11H19NOS/c1-8(2)11-7-9(13-4)10(14-11)5-6-12-3/h7-8,12H,5-6H2,1-4H3. The van der Waals surface area contributed by atoms with E-state index in [0.717, 1.165) is 18.7 Å². The smallest absolute Gasteiger partial charge is 0.133 e. The molecule has 0 radical (unpaired) electrons. The highest BCUT2D eigenvalue weighted by Gasteiger charge is 2.10. The van der Waals surface area contributed by atoms with Gasteiger partial charge in [-0.3, -0.25) is 0 Å². The fourth-order valence-electron chi connectivity index (χ4n) is 1.30. The van der Waals surface area contributed by atoms with Crippen molar-refractivity contribution in [1.29, 1.82) is 0 Å². The lowest BCUT2D eigenvalue weighted by Gasteiger charge is -2.00. The first-order valence-corrected chi connectivity index (χ1v) is 5.81. The molecule has 0 saturated carbocycles. The summed E-state index contributed by atoms with van der Waals surface area (Å²) in [5.41, 5.74) is 0. The molecule has 0 saturated heterocycles. The molecular formula is C11H19NOS. The summed E-state index contributed by atoms with van der Waals surface area (Å²) in [5.74, 6) is 1.64. The molecule has 0 aromatic carbocycles. The fourth-order valence-corrected chi connectivity index (χ4v) is 2.43. The molecule has 1 heterocycles. The predicted molar refractivity (Wildman–Crippen MR) is 62.6 cm³/mol. The van der Waals surface area contributed by atoms with Crippen LogP contribution in [-0.2, 0) is 6.42 Å². The zero-order chi connectivity index (χ0) is 10.6. The summed E-state index contributed by atoms with van der Waals surface area (Å²) in [5, 5.41) is 3.16. The van der Waals surface area contributed by atoms with Crippen LogP contribution in [0.5, 0.6) is 5.75 Å². The van der Waals surface area contributed by atoms with E-state index < -0.39 is 0 Å². The van der Waals surface area contributed by atoms with Crippen molar-refractivity contribution in [2.45, 2.75) is 26.2 Å². The molecule has 0 bridgehead atoms. The minimum Gasteiger partial charge on any atom is -0.496 e. The molecule has 2 nitrogen and oxygen atoms in total. The number of likely N-dealkylation sites (N-methyl/N-ethyl adjacent to an activating group) is 1. The van der Waals surface area contributed by atoms with Crippen molar-refractivity contribution >= 4 is 11.3 Å². The molecular weight excluding hydrogens is 194 g/mol. The molecule has 0 amide bonds. The van der Waals surface area contributed by atoms with Gasteiger partial charge in [0.15, 0.2) is 0 Å². The maximum atomic E-state index is 5.36. The number of ether oxygens (including phenoxy) is 1. The van der Waals surface area contributed by atoms with E-state index in [9.17, 15) is 0 Å². The Hall–Kier alpha value is -0.540. The highest BCUT2D eigenvalue weighted by molar-refractivity contribution is 7.12. The first kappa shape index (κ1) is 11.5. The van der Waals surface area contributed by atoms with Crippen molar-refractivity contribution in [3.8, 4) is 5.75 Å². The molecule has 1 aromatic heterocycles. The summed E-state index contributed by atoms with van der Waals surface area (Å²) in [7, 11) is 3.72. The number of hydrogen-bond acceptors (Lipinski definition) is 3. The van der Waals surface area contributed by atoms with Crippen molar-refractivity contribution in [3.63, 3.8) is 0 Å². The van der Waals surface area contributed by atoms with Crippen LogP contribution in [0, 0.1) is 0 Å². The Kier molecular flexibility index (Phi) is 4.42. The third-order valence-electron chi connectivity index (χ3n) is 2.18. The van der Waals surface area contributed by atoms with Gasteiger partial charge < -0.3 is 10.1 Å². The number of nitrogens with one attached hydrogen (secondary N) is 1. The first-order chi connectivity index (χ1) is 6.69. The summed E-state index contributed by atoms with van der Waals surface area (Å²) in [6.07, 6.45) is 1.05. The van der Waals surface area contributed by atoms with E-state index >= 15 is 0 Å². The molecule has 0 aliphatic carbocycles. The van der Waals surface area contributed by atoms with E-state index in [4.69, 9.17) is 4.74 Å². The van der Waals surface area contributed by atoms with Gasteiger partial charge in [-0.2, -0.15) is 0 Å². The van der Waals surface area contributed by atoms with E-state index in [1.165, 1.54) is 9.75 Å². The van der Waals surface area contributed by atoms with Crippen LogP contribution in [0.25, 0.3) is 0 Å². The van der Waals surface area contributed by atoms with Crippen LogP contribution in [0.2, 0.25) is 0 Å². The highest BCUT2D eigenvalue weighted by Crippen LogP contribution is 2.33. The monoisotopic (exact) mass is 213 g/mol. The second kappa shape index (κ2) is 5.37. The van der Waals surface area contributed by atoms with Crippen LogP contribution in [0.15, 0.2) is 6.07 Å². The van der Waals surface area contributed by atoms with E-state index in [1.54, 1.807) is 7.11 Å². The highest BCUT2D eigenvalue weighted by atomic mass is 32.1. The Morgan fingerprint density at radius 2 is 2.21 bits per heavy atom. The fraction of sp³-hybridized carbons (Fsp3) is 0.636. The Morgan fingerprint density at radius 3 is 2.71 bits per heavy atom. The second-order valence-electron chi connectivity index (χ2n) is 3.65. The molecule has 0 atom stereocenters. The van der Waals surface area contributed by atoms with Crippen molar-refractivity contribution in [2.24, 2.45) is 0 Å². The molecule has 0 spiro atoms. The molecule has 1 aromatic rings. The number of rotatable bonds is 5. The topological polar surface area (TPSA) is 21.3 Å². The Labute approximate surface area is 90.3 Å². The summed E-state index contributed by atoms with van der Waals surface area (Å²) >= 11 is 1.87. The molecule has 1 N–H and O–H groups in total. The van der Waals surface area contributed by atoms with Crippen molar-refractivity contribution in [2.75, 3.05) is 20.7 Å². The minimum atomic E-state index is 0.595. The number of methoxy groups -OCH3 is 1. The van der Waals surface area contributed by atoms with Crippen LogP contribution in [0.4, 0.5) is 0 Å². The van der Waals surface area contributed by atoms with E-state index in [-0.39, 0.29) is 0 Å². The minimum absolute atomic E-state index is 0.595. The largest absolute Gasteiger partial charge is 0.496 e. The summed E-state index contributed by atoms with van der Waals surface area (Å²) in [4.78, 5) is 2.76. The summed E-state index contributed by atoms with van der Waals surface area (Å²) in [6, 6.07) is 2.17. The molecule has 80 valence electrons. The van der Waals surface area contributed by atoms with Crippen molar-refractivity contribution in [3.05, 3.63) is 15.8 Å². The van der Waals surface area contributed by atoms with Gasteiger partial charge in [0.1, 0.15) is 5.75 Å². The zero-order valence-electron chi connectivity index (χ0n) is 9.39. The SMILES string of the molecule is CNCCc1sc(C(C)C)cc1OC. The van der Waals surface area contributed by atoms with Gasteiger partial charge in [0.05, 0.1) is 7.11 Å². The lowest BCUT2D eigenvalue weighted by atomic mass is 10.2. The van der Waals surface area contributed by atoms with Crippen LogP contribution in [-0.4, -0.2) is 20.7 Å². The predicted octanol–water partition coefficient (Wildman–Crippen LogP) is 2.64. The van der Waals surface area contributed by atoms with Crippen LogP contribution >= 0.6 is 11.3 Å². The third kappa shape index (κ3) is 2.72. The number of thiophene rings is 1. The average Bonchev–Trinajstić information content (AvgIpc) is 2.57. The second-order valence-corrected chi connectivity index (χ2v) is 4.82. The van der Waals surface area contributed by atoms with Crippen LogP contribution in [0.1, 0.15) is 29.5 Å². The van der Waals surface area contributed by atoms with Gasteiger partial charge in [-0.1, -0.05) is 13.8 Å². The van der Waals surface area contributed by atoms with Gasteiger partial charge in [-0.25, -0.2) is 0 Å². The Balaban J connectivity index is 2.79. The van der Waals surface area contributed by atoms with Gasteiger partial charge >= 0.3 is 0 Å². The number of hydrogen-bond donors (Lipinski definition) is 1. The van der Waals surface area contributed by atoms with Crippen molar-refractivity contribution in [1.82, 2.24) is 5.32 Å². The van der Waals surface area contributed by atoms with E-state index in [0.29, 0.717) is 5.92 Å². The van der Waals surface area contributed by atoms with Crippen LogP contribution in [0.3, 0.4) is 0 Å². The first-order valence-electron chi connectivity index (χ1n) is 5.00. The summed E-state index contributed by atoms with van der Waals surface area (Å²) < 4.78 is 5.36. The maximum absolute atomic E-state index is 5.36. The van der Waals surface area contributed by atoms with E-state index in [1.807, 2.05) is 18.4 Å². The molecule has 3 heteroatoms. The Bertz CT molecular complexity index is 281. The quantitative estimate of drug-likeness (QED) is 0.812. The maximum Gasteiger partial charge on any atom is 0.133 e. The van der Waals surface area contributed by atoms with Gasteiger partial charge in [0.2, 0.25) is 0 Å². The van der Waals surface area contributed by atoms with Crippen LogP contribution < -0.4 is 10.1 Å². The zero-order valence-corrected chi connectivity index (χ0v) is 10.2. The molecule has 14 heavy (non-hydrogen) atoms. The molecule has 0 fully saturated rings. The third-order valence-corrected chi connectivity index (χ3v) is 3.66. The summed E-state index contributed by atoms with van der Waals surface area (Å²) in [6.45, 7) is 5.44. The lowest BCUT2D eigenvalue weighted by Crippen LogP contribution is -2.09. The van der Waals surface area contributed by atoms with E-state index in [2.05, 4.69) is 25.2 Å². The molecule has 0 unspecified atom stereocenters. The average molecular weight is 213 g/mol.